The van der Waals surface area contributed by atoms with Crippen molar-refractivity contribution in [3.63, 3.8) is 0 Å². The Bertz CT molecular complexity index is 816. The van der Waals surface area contributed by atoms with E-state index >= 15 is 0 Å². The predicted molar refractivity (Wildman–Crippen MR) is 83.5 cm³/mol. The molecule has 3 nitrogen and oxygen atoms in total. The zero-order chi connectivity index (χ0) is 14.8. The number of aromatic nitrogens is 1. The molecule has 0 bridgehead atoms. The van der Waals surface area contributed by atoms with Crippen LogP contribution in [0.5, 0.6) is 0 Å². The molecule has 0 aliphatic rings. The van der Waals surface area contributed by atoms with Crippen molar-refractivity contribution in [1.82, 2.24) is 4.98 Å². The molecule has 0 saturated carbocycles. The first-order valence-corrected chi connectivity index (χ1v) is 6.81. The van der Waals surface area contributed by atoms with E-state index in [9.17, 15) is 4.79 Å². The maximum absolute atomic E-state index is 12.0. The van der Waals surface area contributed by atoms with Crippen LogP contribution in [0.3, 0.4) is 0 Å². The van der Waals surface area contributed by atoms with Crippen LogP contribution < -0.4 is 0 Å². The third kappa shape index (κ3) is 2.60. The quantitative estimate of drug-likeness (QED) is 0.660. The molecule has 0 N–H and O–H groups in total. The minimum atomic E-state index is -0.401. The van der Waals surface area contributed by atoms with Crippen LogP contribution in [0, 0.1) is 0 Å². The number of benzene rings is 2. The number of methoxy groups -OCH3 is 1. The van der Waals surface area contributed by atoms with E-state index in [2.05, 4.69) is 4.98 Å². The number of halogens is 1. The lowest BCUT2D eigenvalue weighted by atomic mass is 10.0. The first-order valence-electron chi connectivity index (χ1n) is 6.43. The van der Waals surface area contributed by atoms with Crippen LogP contribution in [0.25, 0.3) is 22.2 Å². The Hall–Kier alpha value is -2.39. The highest BCUT2D eigenvalue weighted by atomic mass is 35.5. The lowest BCUT2D eigenvalue weighted by Crippen LogP contribution is -2.03. The molecule has 1 aromatic heterocycles. The van der Waals surface area contributed by atoms with Gasteiger partial charge in [-0.25, -0.2) is 9.78 Å². The van der Waals surface area contributed by atoms with Crippen molar-refractivity contribution in [1.29, 1.82) is 0 Å². The van der Waals surface area contributed by atoms with E-state index in [1.807, 2.05) is 30.3 Å². The molecule has 3 aromatic rings. The van der Waals surface area contributed by atoms with Gasteiger partial charge in [-0.05, 0) is 24.3 Å². The number of fused-ring (bicyclic) bond motifs is 1. The minimum Gasteiger partial charge on any atom is -0.465 e. The highest BCUT2D eigenvalue weighted by molar-refractivity contribution is 6.31. The fourth-order valence-corrected chi connectivity index (χ4v) is 2.41. The number of esters is 1. The summed E-state index contributed by atoms with van der Waals surface area (Å²) in [5, 5.41) is 1.25. The fourth-order valence-electron chi connectivity index (χ4n) is 2.23. The third-order valence-corrected chi connectivity index (χ3v) is 3.48. The number of pyridine rings is 1. The van der Waals surface area contributed by atoms with Crippen LogP contribution in [0.4, 0.5) is 0 Å². The van der Waals surface area contributed by atoms with Crippen molar-refractivity contribution in [3.05, 3.63) is 65.2 Å². The van der Waals surface area contributed by atoms with Gasteiger partial charge in [-0.1, -0.05) is 41.9 Å². The van der Waals surface area contributed by atoms with Crippen molar-refractivity contribution in [2.45, 2.75) is 0 Å². The fraction of sp³-hybridized carbons (Fsp3) is 0.0588. The Morgan fingerprint density at radius 1 is 1.10 bits per heavy atom. The summed E-state index contributed by atoms with van der Waals surface area (Å²) in [5.74, 6) is -0.401. The first kappa shape index (κ1) is 13.6. The maximum atomic E-state index is 12.0. The summed E-state index contributed by atoms with van der Waals surface area (Å²) in [6.07, 6.45) is 0. The molecule has 2 aromatic carbocycles. The summed E-state index contributed by atoms with van der Waals surface area (Å²) in [5.41, 5.74) is 2.84. The second-order valence-corrected chi connectivity index (χ2v) is 5.01. The summed E-state index contributed by atoms with van der Waals surface area (Å²) >= 11 is 6.02. The van der Waals surface area contributed by atoms with Gasteiger partial charge in [0.15, 0.2) is 0 Å². The number of hydrogen-bond acceptors (Lipinski definition) is 3. The Balaban J connectivity index is 2.30. The van der Waals surface area contributed by atoms with E-state index in [-0.39, 0.29) is 0 Å². The van der Waals surface area contributed by atoms with Crippen molar-refractivity contribution in [3.8, 4) is 11.3 Å². The number of ether oxygens (including phenoxy) is 1. The molecule has 0 aliphatic carbocycles. The van der Waals surface area contributed by atoms with Crippen LogP contribution >= 0.6 is 11.6 Å². The second kappa shape index (κ2) is 5.54. The molecule has 4 heteroatoms. The summed E-state index contributed by atoms with van der Waals surface area (Å²) in [6, 6.07) is 16.7. The molecule has 0 amide bonds. The van der Waals surface area contributed by atoms with Gasteiger partial charge in [0, 0.05) is 16.0 Å². The number of carbonyl (C=O) groups is 1. The molecule has 21 heavy (non-hydrogen) atoms. The SMILES string of the molecule is COC(=O)c1cc(-c2ccccc2)nc2ccc(Cl)cc12. The Kier molecular flexibility index (Phi) is 3.59. The Morgan fingerprint density at radius 2 is 1.86 bits per heavy atom. The minimum absolute atomic E-state index is 0.401. The van der Waals surface area contributed by atoms with E-state index in [1.165, 1.54) is 7.11 Å². The molecule has 0 saturated heterocycles. The molecular formula is C17H12ClNO2. The second-order valence-electron chi connectivity index (χ2n) is 4.57. The number of hydrogen-bond donors (Lipinski definition) is 0. The highest BCUT2D eigenvalue weighted by Gasteiger charge is 2.14. The predicted octanol–water partition coefficient (Wildman–Crippen LogP) is 4.34. The standard InChI is InChI=1S/C17H12ClNO2/c1-21-17(20)14-10-16(11-5-3-2-4-6-11)19-15-8-7-12(18)9-13(14)15/h2-10H,1H3. The lowest BCUT2D eigenvalue weighted by molar-refractivity contribution is 0.0603. The molecule has 0 fully saturated rings. The molecule has 104 valence electrons. The van der Waals surface area contributed by atoms with Crippen molar-refractivity contribution >= 4 is 28.5 Å². The van der Waals surface area contributed by atoms with E-state index in [4.69, 9.17) is 16.3 Å². The average Bonchev–Trinajstić information content (AvgIpc) is 2.54. The normalized spacial score (nSPS) is 10.6. The van der Waals surface area contributed by atoms with Crippen molar-refractivity contribution < 1.29 is 9.53 Å². The van der Waals surface area contributed by atoms with E-state index in [0.29, 0.717) is 21.5 Å². The zero-order valence-corrected chi connectivity index (χ0v) is 12.1. The van der Waals surface area contributed by atoms with Gasteiger partial charge >= 0.3 is 5.97 Å². The molecule has 0 aliphatic heterocycles. The molecule has 0 atom stereocenters. The first-order chi connectivity index (χ1) is 10.2. The molecule has 0 spiro atoms. The molecule has 0 unspecified atom stereocenters. The van der Waals surface area contributed by atoms with Gasteiger partial charge in [-0.15, -0.1) is 0 Å². The lowest BCUT2D eigenvalue weighted by Gasteiger charge is -2.09. The zero-order valence-electron chi connectivity index (χ0n) is 11.3. The molecule has 3 rings (SSSR count). The van der Waals surface area contributed by atoms with E-state index in [0.717, 1.165) is 11.3 Å². The van der Waals surface area contributed by atoms with E-state index in [1.54, 1.807) is 24.3 Å². The van der Waals surface area contributed by atoms with Crippen LogP contribution in [-0.4, -0.2) is 18.1 Å². The molecule has 1 heterocycles. The maximum Gasteiger partial charge on any atom is 0.338 e. The Labute approximate surface area is 127 Å². The summed E-state index contributed by atoms with van der Waals surface area (Å²) in [4.78, 5) is 16.6. The smallest absolute Gasteiger partial charge is 0.338 e. The van der Waals surface area contributed by atoms with Crippen LogP contribution in [-0.2, 0) is 4.74 Å². The van der Waals surface area contributed by atoms with Gasteiger partial charge in [0.2, 0.25) is 0 Å². The molecule has 0 radical (unpaired) electrons. The Morgan fingerprint density at radius 3 is 2.57 bits per heavy atom. The van der Waals surface area contributed by atoms with Gasteiger partial charge in [0.25, 0.3) is 0 Å². The molecular weight excluding hydrogens is 286 g/mol. The van der Waals surface area contributed by atoms with Gasteiger partial charge in [-0.2, -0.15) is 0 Å². The monoisotopic (exact) mass is 297 g/mol. The van der Waals surface area contributed by atoms with Gasteiger partial charge < -0.3 is 4.74 Å². The average molecular weight is 298 g/mol. The number of rotatable bonds is 2. The van der Waals surface area contributed by atoms with Crippen LogP contribution in [0.2, 0.25) is 5.02 Å². The van der Waals surface area contributed by atoms with Gasteiger partial charge in [0.1, 0.15) is 0 Å². The van der Waals surface area contributed by atoms with Gasteiger partial charge in [-0.3, -0.25) is 0 Å². The summed E-state index contributed by atoms with van der Waals surface area (Å²) < 4.78 is 4.87. The van der Waals surface area contributed by atoms with Gasteiger partial charge in [0.05, 0.1) is 23.9 Å². The van der Waals surface area contributed by atoms with Crippen molar-refractivity contribution in [2.75, 3.05) is 7.11 Å². The summed E-state index contributed by atoms with van der Waals surface area (Å²) in [7, 11) is 1.36. The number of carbonyl (C=O) groups excluding carboxylic acids is 1. The third-order valence-electron chi connectivity index (χ3n) is 3.25. The topological polar surface area (TPSA) is 39.2 Å². The largest absolute Gasteiger partial charge is 0.465 e. The van der Waals surface area contributed by atoms with Crippen molar-refractivity contribution in [2.24, 2.45) is 0 Å². The summed E-state index contributed by atoms with van der Waals surface area (Å²) in [6.45, 7) is 0. The van der Waals surface area contributed by atoms with Crippen LogP contribution in [0.15, 0.2) is 54.6 Å². The van der Waals surface area contributed by atoms with E-state index < -0.39 is 5.97 Å². The van der Waals surface area contributed by atoms with Crippen LogP contribution in [0.1, 0.15) is 10.4 Å². The highest BCUT2D eigenvalue weighted by Crippen LogP contribution is 2.27. The number of nitrogens with zero attached hydrogens (tertiary/aromatic N) is 1.